The van der Waals surface area contributed by atoms with Crippen LogP contribution < -0.4 is 10.6 Å². The Balaban J connectivity index is 2.05. The molecule has 3 nitrogen and oxygen atoms in total. The Morgan fingerprint density at radius 2 is 2.20 bits per heavy atom. The minimum absolute atomic E-state index is 0.288. The number of halogens is 3. The fourth-order valence-electron chi connectivity index (χ4n) is 2.24. The molecule has 1 aromatic rings. The molecule has 1 aliphatic heterocycles. The minimum Gasteiger partial charge on any atom is -0.381 e. The van der Waals surface area contributed by atoms with Crippen LogP contribution in [-0.4, -0.2) is 18.1 Å². The molecule has 0 aromatic heterocycles. The monoisotopic (exact) mass is 286 g/mol. The normalized spacial score (nSPS) is 18.1. The van der Waals surface area contributed by atoms with Gasteiger partial charge in [-0.2, -0.15) is 13.2 Å². The number of alkyl halides is 3. The molecule has 1 amide bonds. The predicted octanol–water partition coefficient (Wildman–Crippen LogP) is 3.71. The van der Waals surface area contributed by atoms with Gasteiger partial charge in [-0.3, -0.25) is 4.79 Å². The van der Waals surface area contributed by atoms with Crippen molar-refractivity contribution in [3.8, 4) is 0 Å². The second-order valence-electron chi connectivity index (χ2n) is 5.09. The van der Waals surface area contributed by atoms with E-state index in [2.05, 4.69) is 10.6 Å². The first kappa shape index (κ1) is 14.7. The highest BCUT2D eigenvalue weighted by Gasteiger charge is 2.28. The molecular formula is C14H17F3N2O. The summed E-state index contributed by atoms with van der Waals surface area (Å²) in [6.07, 6.45) is -4.06. The van der Waals surface area contributed by atoms with Crippen LogP contribution in [0.2, 0.25) is 0 Å². The Kier molecular flexibility index (Phi) is 4.20. The molecular weight excluding hydrogens is 269 g/mol. The molecule has 0 saturated carbocycles. The average Bonchev–Trinajstić information content (AvgIpc) is 2.36. The Morgan fingerprint density at radius 1 is 1.45 bits per heavy atom. The Morgan fingerprint density at radius 3 is 2.90 bits per heavy atom. The molecule has 2 rings (SSSR count). The third kappa shape index (κ3) is 3.88. The van der Waals surface area contributed by atoms with Crippen LogP contribution in [0, 0.1) is 0 Å². The molecule has 20 heavy (non-hydrogen) atoms. The van der Waals surface area contributed by atoms with Crippen molar-refractivity contribution in [2.75, 3.05) is 10.6 Å². The summed E-state index contributed by atoms with van der Waals surface area (Å²) in [7, 11) is 0. The van der Waals surface area contributed by atoms with E-state index in [1.807, 2.05) is 13.0 Å². The molecule has 1 aromatic carbocycles. The maximum atomic E-state index is 12.1. The van der Waals surface area contributed by atoms with Crippen molar-refractivity contribution in [3.05, 3.63) is 23.8 Å². The number of hydrogen-bond acceptors (Lipinski definition) is 2. The zero-order valence-corrected chi connectivity index (χ0v) is 11.2. The molecule has 0 spiro atoms. The Bertz CT molecular complexity index is 500. The average molecular weight is 286 g/mol. The van der Waals surface area contributed by atoms with E-state index >= 15 is 0 Å². The lowest BCUT2D eigenvalue weighted by atomic mass is 9.98. The highest BCUT2D eigenvalue weighted by molar-refractivity contribution is 5.95. The van der Waals surface area contributed by atoms with Crippen molar-refractivity contribution in [1.29, 1.82) is 0 Å². The zero-order chi connectivity index (χ0) is 14.8. The first-order valence-electron chi connectivity index (χ1n) is 6.60. The molecule has 2 N–H and O–H groups in total. The Labute approximate surface area is 115 Å². The van der Waals surface area contributed by atoms with E-state index in [0.29, 0.717) is 5.69 Å². The van der Waals surface area contributed by atoms with Crippen molar-refractivity contribution in [2.45, 2.75) is 44.8 Å². The number of hydrogen-bond donors (Lipinski definition) is 2. The maximum Gasteiger partial charge on any atom is 0.389 e. The van der Waals surface area contributed by atoms with Gasteiger partial charge in [0.15, 0.2) is 0 Å². The number of para-hydroxylation sites is 1. The van der Waals surface area contributed by atoms with Crippen LogP contribution in [0.3, 0.4) is 0 Å². The van der Waals surface area contributed by atoms with E-state index in [4.69, 9.17) is 0 Å². The summed E-state index contributed by atoms with van der Waals surface area (Å²) < 4.78 is 36.3. The number of carbonyl (C=O) groups excluding carboxylic acids is 1. The molecule has 0 radical (unpaired) electrons. The highest BCUT2D eigenvalue weighted by Crippen LogP contribution is 2.32. The zero-order valence-electron chi connectivity index (χ0n) is 11.2. The molecule has 0 aliphatic carbocycles. The first-order valence-corrected chi connectivity index (χ1v) is 6.60. The summed E-state index contributed by atoms with van der Waals surface area (Å²) in [5.74, 6) is -0.615. The summed E-state index contributed by atoms with van der Waals surface area (Å²) in [5, 5.41) is 5.83. The summed E-state index contributed by atoms with van der Waals surface area (Å²) in [4.78, 5) is 11.6. The van der Waals surface area contributed by atoms with Gasteiger partial charge in [-0.1, -0.05) is 12.1 Å². The second kappa shape index (κ2) is 5.73. The first-order chi connectivity index (χ1) is 9.35. The molecule has 110 valence electrons. The van der Waals surface area contributed by atoms with E-state index in [1.165, 1.54) is 0 Å². The number of fused-ring (bicyclic) bond motifs is 1. The standard InChI is InChI=1S/C14H17F3N2O/c1-9-5-6-10-3-2-4-11(13(10)18-9)19-12(20)7-8-14(15,16)17/h2-4,9,18H,5-8H2,1H3,(H,19,20). The topological polar surface area (TPSA) is 41.1 Å². The molecule has 0 bridgehead atoms. The van der Waals surface area contributed by atoms with Crippen LogP contribution >= 0.6 is 0 Å². The van der Waals surface area contributed by atoms with Gasteiger partial charge in [-0.15, -0.1) is 0 Å². The third-order valence-corrected chi connectivity index (χ3v) is 3.30. The Hall–Kier alpha value is -1.72. The van der Waals surface area contributed by atoms with Gasteiger partial charge in [0.25, 0.3) is 0 Å². The van der Waals surface area contributed by atoms with Crippen molar-refractivity contribution in [1.82, 2.24) is 0 Å². The highest BCUT2D eigenvalue weighted by atomic mass is 19.4. The number of rotatable bonds is 3. The minimum atomic E-state index is -4.31. The summed E-state index contributed by atoms with van der Waals surface area (Å²) in [6.45, 7) is 2.03. The number of amides is 1. The lowest BCUT2D eigenvalue weighted by Crippen LogP contribution is -2.24. The smallest absolute Gasteiger partial charge is 0.381 e. The van der Waals surface area contributed by atoms with Gasteiger partial charge in [0.05, 0.1) is 17.8 Å². The maximum absolute atomic E-state index is 12.1. The van der Waals surface area contributed by atoms with E-state index in [-0.39, 0.29) is 6.04 Å². The van der Waals surface area contributed by atoms with E-state index in [9.17, 15) is 18.0 Å². The van der Waals surface area contributed by atoms with Crippen LogP contribution in [0.4, 0.5) is 24.5 Å². The fraction of sp³-hybridized carbons (Fsp3) is 0.500. The largest absolute Gasteiger partial charge is 0.389 e. The van der Waals surface area contributed by atoms with Crippen molar-refractivity contribution >= 4 is 17.3 Å². The SMILES string of the molecule is CC1CCc2cccc(NC(=O)CCC(F)(F)F)c2N1. The van der Waals surface area contributed by atoms with Gasteiger partial charge in [-0.05, 0) is 31.4 Å². The number of carbonyl (C=O) groups is 1. The van der Waals surface area contributed by atoms with Gasteiger partial charge in [0.2, 0.25) is 5.91 Å². The van der Waals surface area contributed by atoms with E-state index in [1.54, 1.807) is 12.1 Å². The third-order valence-electron chi connectivity index (χ3n) is 3.30. The molecule has 1 aliphatic rings. The molecule has 6 heteroatoms. The van der Waals surface area contributed by atoms with Gasteiger partial charge in [-0.25, -0.2) is 0 Å². The second-order valence-corrected chi connectivity index (χ2v) is 5.09. The van der Waals surface area contributed by atoms with Crippen molar-refractivity contribution in [2.24, 2.45) is 0 Å². The van der Waals surface area contributed by atoms with Crippen molar-refractivity contribution < 1.29 is 18.0 Å². The van der Waals surface area contributed by atoms with Gasteiger partial charge in [0, 0.05) is 12.5 Å². The number of nitrogens with one attached hydrogen (secondary N) is 2. The van der Waals surface area contributed by atoms with Crippen molar-refractivity contribution in [3.63, 3.8) is 0 Å². The lowest BCUT2D eigenvalue weighted by Gasteiger charge is -2.26. The van der Waals surface area contributed by atoms with Crippen LogP contribution in [-0.2, 0) is 11.2 Å². The van der Waals surface area contributed by atoms with Crippen LogP contribution in [0.1, 0.15) is 31.7 Å². The van der Waals surface area contributed by atoms with Crippen LogP contribution in [0.15, 0.2) is 18.2 Å². The van der Waals surface area contributed by atoms with E-state index < -0.39 is 24.9 Å². The predicted molar refractivity (Wildman–Crippen MR) is 71.8 cm³/mol. The molecule has 0 fully saturated rings. The summed E-state index contributed by atoms with van der Waals surface area (Å²) >= 11 is 0. The molecule has 1 unspecified atom stereocenters. The van der Waals surface area contributed by atoms with Gasteiger partial charge in [0.1, 0.15) is 0 Å². The quantitative estimate of drug-likeness (QED) is 0.889. The van der Waals surface area contributed by atoms with Crippen LogP contribution in [0.5, 0.6) is 0 Å². The number of aryl methyl sites for hydroxylation is 1. The molecule has 1 heterocycles. The fourth-order valence-corrected chi connectivity index (χ4v) is 2.24. The van der Waals surface area contributed by atoms with Gasteiger partial charge >= 0.3 is 6.18 Å². The number of anilines is 2. The number of benzene rings is 1. The van der Waals surface area contributed by atoms with Gasteiger partial charge < -0.3 is 10.6 Å². The summed E-state index contributed by atoms with van der Waals surface area (Å²) in [5.41, 5.74) is 2.46. The molecule has 0 saturated heterocycles. The van der Waals surface area contributed by atoms with Crippen LogP contribution in [0.25, 0.3) is 0 Å². The van der Waals surface area contributed by atoms with E-state index in [0.717, 1.165) is 24.1 Å². The molecule has 1 atom stereocenters. The summed E-state index contributed by atoms with van der Waals surface area (Å²) in [6, 6.07) is 5.75. The lowest BCUT2D eigenvalue weighted by molar-refractivity contribution is -0.142.